The third-order valence-corrected chi connectivity index (χ3v) is 8.46. The molecule has 2 aromatic heterocycles. The largest absolute Gasteiger partial charge is 0.383 e. The lowest BCUT2D eigenvalue weighted by Gasteiger charge is -2.50. The van der Waals surface area contributed by atoms with Crippen molar-refractivity contribution in [2.45, 2.75) is 11.8 Å². The maximum absolute atomic E-state index is 12.9. The van der Waals surface area contributed by atoms with E-state index in [0.717, 1.165) is 55.3 Å². The minimum atomic E-state index is -0.271. The molecule has 42 heavy (non-hydrogen) atoms. The van der Waals surface area contributed by atoms with Gasteiger partial charge in [0.05, 0.1) is 30.6 Å². The predicted octanol–water partition coefficient (Wildman–Crippen LogP) is 1.92. The van der Waals surface area contributed by atoms with Gasteiger partial charge in [-0.05, 0) is 29.8 Å². The fourth-order valence-corrected chi connectivity index (χ4v) is 6.08. The summed E-state index contributed by atoms with van der Waals surface area (Å²) in [5.41, 5.74) is 6.64. The lowest BCUT2D eigenvalue weighted by atomic mass is 9.71. The third-order valence-electron chi connectivity index (χ3n) is 8.22. The van der Waals surface area contributed by atoms with Gasteiger partial charge in [-0.3, -0.25) is 9.69 Å². The number of nitrogens with zero attached hydrogens (tertiary/aromatic N) is 8. The van der Waals surface area contributed by atoms with Crippen LogP contribution >= 0.6 is 11.6 Å². The predicted molar refractivity (Wildman–Crippen MR) is 160 cm³/mol. The van der Waals surface area contributed by atoms with Gasteiger partial charge < -0.3 is 24.9 Å². The van der Waals surface area contributed by atoms with Crippen molar-refractivity contribution >= 4 is 34.8 Å². The highest BCUT2D eigenvalue weighted by Gasteiger charge is 2.45. The SMILES string of the molecule is COCCN1CCN(C(=O)CN2C=C(Nc3nc4c(N5CC(CC#N)(c6cccc(Cl)c6)C5)cccn4n3)CN2)CC1. The maximum atomic E-state index is 12.9. The molecule has 0 aliphatic carbocycles. The quantitative estimate of drug-likeness (QED) is 0.363. The summed E-state index contributed by atoms with van der Waals surface area (Å²) in [6.07, 6.45) is 4.19. The lowest BCUT2D eigenvalue weighted by molar-refractivity contribution is -0.134. The zero-order chi connectivity index (χ0) is 29.1. The first kappa shape index (κ1) is 28.2. The van der Waals surface area contributed by atoms with Crippen LogP contribution in [0.15, 0.2) is 54.5 Å². The Kier molecular flexibility index (Phi) is 8.17. The molecule has 2 saturated heterocycles. The highest BCUT2D eigenvalue weighted by molar-refractivity contribution is 6.30. The Hall–Kier alpha value is -3.89. The van der Waals surface area contributed by atoms with Crippen LogP contribution in [0.4, 0.5) is 11.6 Å². The van der Waals surface area contributed by atoms with Gasteiger partial charge in [0.25, 0.3) is 0 Å². The van der Waals surface area contributed by atoms with Crippen LogP contribution < -0.4 is 15.6 Å². The molecule has 3 aliphatic rings. The first-order valence-corrected chi connectivity index (χ1v) is 14.5. The zero-order valence-corrected chi connectivity index (χ0v) is 24.4. The monoisotopic (exact) mass is 590 g/mol. The fourth-order valence-electron chi connectivity index (χ4n) is 5.89. The number of hydrazine groups is 1. The number of amides is 1. The Morgan fingerprint density at radius 2 is 2.05 bits per heavy atom. The van der Waals surface area contributed by atoms with Gasteiger partial charge in [0.2, 0.25) is 11.9 Å². The summed E-state index contributed by atoms with van der Waals surface area (Å²) in [4.78, 5) is 24.1. The molecule has 0 bridgehead atoms. The Balaban J connectivity index is 1.08. The van der Waals surface area contributed by atoms with E-state index in [9.17, 15) is 10.1 Å². The molecule has 2 fully saturated rings. The molecule has 0 spiro atoms. The summed E-state index contributed by atoms with van der Waals surface area (Å²) >= 11 is 6.26. The number of ether oxygens (including phenoxy) is 1. The van der Waals surface area contributed by atoms with Crippen LogP contribution in [-0.4, -0.2) is 108 Å². The molecule has 0 atom stereocenters. The number of fused-ring (bicyclic) bond motifs is 1. The number of benzene rings is 1. The Bertz CT molecular complexity index is 1500. The summed E-state index contributed by atoms with van der Waals surface area (Å²) < 4.78 is 6.92. The molecule has 6 rings (SSSR count). The van der Waals surface area contributed by atoms with Crippen LogP contribution in [0.5, 0.6) is 0 Å². The summed E-state index contributed by atoms with van der Waals surface area (Å²) in [6, 6.07) is 14.1. The number of rotatable bonds is 10. The molecule has 13 heteroatoms. The topological polar surface area (TPSA) is 117 Å². The van der Waals surface area contributed by atoms with Crippen LogP contribution in [0, 0.1) is 11.3 Å². The molecule has 2 N–H and O–H groups in total. The summed E-state index contributed by atoms with van der Waals surface area (Å²) in [7, 11) is 1.71. The van der Waals surface area contributed by atoms with Crippen molar-refractivity contribution in [2.24, 2.45) is 0 Å². The average Bonchev–Trinajstić information content (AvgIpc) is 3.60. The third kappa shape index (κ3) is 5.87. The number of methoxy groups -OCH3 is 1. The van der Waals surface area contributed by atoms with E-state index in [4.69, 9.17) is 21.3 Å². The second kappa shape index (κ2) is 12.1. The number of anilines is 2. The number of piperazine rings is 1. The van der Waals surface area contributed by atoms with Gasteiger partial charge in [-0.15, -0.1) is 5.10 Å². The van der Waals surface area contributed by atoms with Crippen molar-refractivity contribution in [3.05, 3.63) is 65.1 Å². The maximum Gasteiger partial charge on any atom is 0.247 e. The van der Waals surface area contributed by atoms with E-state index < -0.39 is 0 Å². The summed E-state index contributed by atoms with van der Waals surface area (Å²) in [6.45, 7) is 6.98. The molecular formula is C29H35ClN10O2. The number of hydrogen-bond donors (Lipinski definition) is 2. The molecular weight excluding hydrogens is 556 g/mol. The normalized spacial score (nSPS) is 18.6. The number of carbonyl (C=O) groups excluding carboxylic acids is 1. The zero-order valence-electron chi connectivity index (χ0n) is 23.7. The van der Waals surface area contributed by atoms with Crippen LogP contribution in [0.2, 0.25) is 5.02 Å². The standard InChI is InChI=1S/C29H35ClN10O2/c1-42-15-14-36-10-12-37(13-11-36)26(41)19-39-18-24(17-32-39)33-28-34-27-25(6-3-9-40(27)35-28)38-20-29(21-38,7-8-31)22-4-2-5-23(30)16-22/h2-6,9,16,18,32H,7,10-15,17,19-21H2,1H3,(H,33,35). The Morgan fingerprint density at radius 3 is 2.81 bits per heavy atom. The van der Waals surface area contributed by atoms with E-state index in [-0.39, 0.29) is 17.9 Å². The molecule has 1 aromatic carbocycles. The van der Waals surface area contributed by atoms with Gasteiger partial charge in [0, 0.05) is 82.2 Å². The number of halogens is 1. The molecule has 1 amide bonds. The van der Waals surface area contributed by atoms with E-state index in [1.807, 2.05) is 58.7 Å². The summed E-state index contributed by atoms with van der Waals surface area (Å²) in [5, 5.41) is 20.0. The highest BCUT2D eigenvalue weighted by Crippen LogP contribution is 2.41. The van der Waals surface area contributed by atoms with E-state index in [1.54, 1.807) is 11.6 Å². The Labute approximate surface area is 250 Å². The molecule has 0 radical (unpaired) electrons. The van der Waals surface area contributed by atoms with E-state index in [1.165, 1.54) is 0 Å². The minimum absolute atomic E-state index is 0.0988. The first-order valence-electron chi connectivity index (χ1n) is 14.2. The Morgan fingerprint density at radius 1 is 1.21 bits per heavy atom. The van der Waals surface area contributed by atoms with Gasteiger partial charge in [-0.25, -0.2) is 9.94 Å². The van der Waals surface area contributed by atoms with Crippen molar-refractivity contribution in [3.63, 3.8) is 0 Å². The van der Waals surface area contributed by atoms with Gasteiger partial charge >= 0.3 is 0 Å². The van der Waals surface area contributed by atoms with E-state index in [0.29, 0.717) is 43.6 Å². The van der Waals surface area contributed by atoms with Gasteiger partial charge in [0.15, 0.2) is 5.65 Å². The van der Waals surface area contributed by atoms with Crippen LogP contribution in [-0.2, 0) is 14.9 Å². The van der Waals surface area contributed by atoms with Crippen molar-refractivity contribution < 1.29 is 9.53 Å². The molecule has 220 valence electrons. The number of carbonyl (C=O) groups is 1. The molecule has 12 nitrogen and oxygen atoms in total. The second-order valence-corrected chi connectivity index (χ2v) is 11.5. The number of hydrogen-bond acceptors (Lipinski definition) is 10. The fraction of sp³-hybridized carbons (Fsp3) is 0.448. The molecule has 0 unspecified atom stereocenters. The summed E-state index contributed by atoms with van der Waals surface area (Å²) in [5.74, 6) is 0.580. The highest BCUT2D eigenvalue weighted by atomic mass is 35.5. The second-order valence-electron chi connectivity index (χ2n) is 11.0. The van der Waals surface area contributed by atoms with E-state index >= 15 is 0 Å². The number of nitriles is 1. The number of nitrogens with one attached hydrogen (secondary N) is 2. The molecule has 0 saturated carbocycles. The molecule has 3 aliphatic heterocycles. The van der Waals surface area contributed by atoms with Crippen molar-refractivity contribution in [1.82, 2.24) is 34.8 Å². The molecule has 5 heterocycles. The minimum Gasteiger partial charge on any atom is -0.383 e. The van der Waals surface area contributed by atoms with Crippen molar-refractivity contribution in [2.75, 3.05) is 82.8 Å². The first-order chi connectivity index (χ1) is 20.5. The smallest absolute Gasteiger partial charge is 0.247 e. The number of aromatic nitrogens is 3. The van der Waals surface area contributed by atoms with Gasteiger partial charge in [-0.1, -0.05) is 23.7 Å². The van der Waals surface area contributed by atoms with Crippen molar-refractivity contribution in [3.8, 4) is 6.07 Å². The van der Waals surface area contributed by atoms with Crippen LogP contribution in [0.3, 0.4) is 0 Å². The average molecular weight is 591 g/mol. The lowest BCUT2D eigenvalue weighted by Crippen LogP contribution is -2.59. The van der Waals surface area contributed by atoms with Gasteiger partial charge in [-0.2, -0.15) is 10.2 Å². The van der Waals surface area contributed by atoms with Gasteiger partial charge in [0.1, 0.15) is 6.54 Å². The van der Waals surface area contributed by atoms with Crippen LogP contribution in [0.25, 0.3) is 5.65 Å². The molecule has 3 aromatic rings. The van der Waals surface area contributed by atoms with Crippen molar-refractivity contribution in [1.29, 1.82) is 5.26 Å². The van der Waals surface area contributed by atoms with Crippen LogP contribution in [0.1, 0.15) is 12.0 Å². The number of pyridine rings is 1. The van der Waals surface area contributed by atoms with E-state index in [2.05, 4.69) is 31.7 Å².